The number of carbonyl (C=O) groups excluding carboxylic acids is 1. The first-order valence-corrected chi connectivity index (χ1v) is 9.96. The maximum Gasteiger partial charge on any atom is 0.261 e. The Hall–Kier alpha value is -2.48. The first kappa shape index (κ1) is 17.9. The normalized spacial score (nSPS) is 15.0. The molecule has 136 valence electrons. The molecule has 0 spiro atoms. The standard InChI is InChI=1S/C21H18IN3O2/c1-3-24-18-8-6-5-7-14(18)15(20(24)26)12-19-23-17-10-9-13(22)11-16(17)21(27)25(19)4-2/h5-12H,3-4H2,1-2H3. The lowest BCUT2D eigenvalue weighted by atomic mass is 10.1. The van der Waals surface area contributed by atoms with Crippen LogP contribution in [0.1, 0.15) is 25.2 Å². The molecule has 27 heavy (non-hydrogen) atoms. The average Bonchev–Trinajstić information content (AvgIpc) is 2.94. The molecule has 4 rings (SSSR count). The van der Waals surface area contributed by atoms with Crippen molar-refractivity contribution in [3.63, 3.8) is 0 Å². The number of halogens is 1. The van der Waals surface area contributed by atoms with Crippen molar-refractivity contribution in [1.82, 2.24) is 9.55 Å². The van der Waals surface area contributed by atoms with Crippen LogP contribution in [0.3, 0.4) is 0 Å². The zero-order valence-electron chi connectivity index (χ0n) is 15.1. The summed E-state index contributed by atoms with van der Waals surface area (Å²) in [6, 6.07) is 13.4. The van der Waals surface area contributed by atoms with Gasteiger partial charge in [-0.2, -0.15) is 0 Å². The third-order valence-electron chi connectivity index (χ3n) is 4.81. The van der Waals surface area contributed by atoms with Crippen LogP contribution in [0.25, 0.3) is 22.6 Å². The lowest BCUT2D eigenvalue weighted by molar-refractivity contribution is -0.112. The van der Waals surface area contributed by atoms with Crippen LogP contribution in [0.2, 0.25) is 0 Å². The highest BCUT2D eigenvalue weighted by molar-refractivity contribution is 14.1. The summed E-state index contributed by atoms with van der Waals surface area (Å²) in [5.74, 6) is 0.450. The number of likely N-dealkylation sites (N-methyl/N-ethyl adjacent to an activating group) is 1. The average molecular weight is 471 g/mol. The van der Waals surface area contributed by atoms with E-state index in [0.717, 1.165) is 14.8 Å². The number of nitrogens with zero attached hydrogens (tertiary/aromatic N) is 3. The molecule has 1 aliphatic heterocycles. The second kappa shape index (κ2) is 6.92. The van der Waals surface area contributed by atoms with Gasteiger partial charge >= 0.3 is 0 Å². The summed E-state index contributed by atoms with van der Waals surface area (Å²) in [6.07, 6.45) is 1.75. The minimum atomic E-state index is -0.0843. The number of hydrogen-bond donors (Lipinski definition) is 0. The molecule has 6 heteroatoms. The molecular formula is C21H18IN3O2. The number of rotatable bonds is 3. The third kappa shape index (κ3) is 2.88. The molecule has 2 heterocycles. The highest BCUT2D eigenvalue weighted by Crippen LogP contribution is 2.37. The maximum absolute atomic E-state index is 12.9. The van der Waals surface area contributed by atoms with Gasteiger partial charge in [0, 0.05) is 22.2 Å². The van der Waals surface area contributed by atoms with E-state index in [1.165, 1.54) is 0 Å². The second-order valence-electron chi connectivity index (χ2n) is 6.31. The highest BCUT2D eigenvalue weighted by Gasteiger charge is 2.31. The van der Waals surface area contributed by atoms with Gasteiger partial charge in [-0.15, -0.1) is 0 Å². The van der Waals surface area contributed by atoms with Crippen molar-refractivity contribution in [2.24, 2.45) is 0 Å². The minimum Gasteiger partial charge on any atom is -0.308 e. The lowest BCUT2D eigenvalue weighted by Crippen LogP contribution is -2.26. The van der Waals surface area contributed by atoms with Gasteiger partial charge in [0.1, 0.15) is 5.82 Å². The smallest absolute Gasteiger partial charge is 0.261 e. The van der Waals surface area contributed by atoms with Gasteiger partial charge in [-0.3, -0.25) is 14.2 Å². The molecule has 0 bridgehead atoms. The fraction of sp³-hybridized carbons (Fsp3) is 0.190. The predicted molar refractivity (Wildman–Crippen MR) is 117 cm³/mol. The van der Waals surface area contributed by atoms with E-state index in [2.05, 4.69) is 27.6 Å². The van der Waals surface area contributed by atoms with E-state index < -0.39 is 0 Å². The summed E-state index contributed by atoms with van der Waals surface area (Å²) in [5, 5.41) is 0.597. The zero-order chi connectivity index (χ0) is 19.1. The fourth-order valence-corrected chi connectivity index (χ4v) is 4.01. The van der Waals surface area contributed by atoms with Crippen molar-refractivity contribution in [3.8, 4) is 0 Å². The Kier molecular flexibility index (Phi) is 4.59. The summed E-state index contributed by atoms with van der Waals surface area (Å²) >= 11 is 2.19. The van der Waals surface area contributed by atoms with Crippen molar-refractivity contribution in [3.05, 3.63) is 67.8 Å². The Morgan fingerprint density at radius 1 is 1.07 bits per heavy atom. The van der Waals surface area contributed by atoms with E-state index in [1.807, 2.05) is 56.3 Å². The molecule has 3 aromatic rings. The number of carbonyl (C=O) groups is 1. The van der Waals surface area contributed by atoms with E-state index in [1.54, 1.807) is 15.5 Å². The summed E-state index contributed by atoms with van der Waals surface area (Å²) < 4.78 is 2.61. The van der Waals surface area contributed by atoms with Crippen LogP contribution >= 0.6 is 22.6 Å². The van der Waals surface area contributed by atoms with Crippen molar-refractivity contribution in [2.45, 2.75) is 20.4 Å². The molecule has 0 fully saturated rings. The molecule has 1 amide bonds. The van der Waals surface area contributed by atoms with Gasteiger partial charge in [-0.1, -0.05) is 18.2 Å². The minimum absolute atomic E-state index is 0.0571. The van der Waals surface area contributed by atoms with Crippen molar-refractivity contribution < 1.29 is 4.79 Å². The Morgan fingerprint density at radius 2 is 1.85 bits per heavy atom. The fourth-order valence-electron chi connectivity index (χ4n) is 3.52. The van der Waals surface area contributed by atoms with Crippen LogP contribution in [-0.4, -0.2) is 22.0 Å². The predicted octanol–water partition coefficient (Wildman–Crippen LogP) is 3.93. The second-order valence-corrected chi connectivity index (χ2v) is 7.55. The Morgan fingerprint density at radius 3 is 2.59 bits per heavy atom. The summed E-state index contributed by atoms with van der Waals surface area (Å²) in [7, 11) is 0. The van der Waals surface area contributed by atoms with E-state index in [9.17, 15) is 9.59 Å². The summed E-state index contributed by atoms with van der Waals surface area (Å²) in [5.41, 5.74) is 2.91. The van der Waals surface area contributed by atoms with Gasteiger partial charge in [0.15, 0.2) is 0 Å². The summed E-state index contributed by atoms with van der Waals surface area (Å²) in [4.78, 5) is 32.3. The number of aromatic nitrogens is 2. The van der Waals surface area contributed by atoms with Gasteiger partial charge in [-0.05, 0) is 66.8 Å². The molecule has 0 N–H and O–H groups in total. The van der Waals surface area contributed by atoms with Crippen LogP contribution in [-0.2, 0) is 11.3 Å². The molecule has 1 aromatic heterocycles. The number of benzene rings is 2. The van der Waals surface area contributed by atoms with E-state index >= 15 is 0 Å². The van der Waals surface area contributed by atoms with Crippen LogP contribution in [0.5, 0.6) is 0 Å². The van der Waals surface area contributed by atoms with Crippen LogP contribution < -0.4 is 10.5 Å². The van der Waals surface area contributed by atoms with Crippen LogP contribution in [0.4, 0.5) is 5.69 Å². The molecule has 5 nitrogen and oxygen atoms in total. The molecule has 2 aromatic carbocycles. The topological polar surface area (TPSA) is 55.2 Å². The molecule has 0 aliphatic carbocycles. The molecular weight excluding hydrogens is 453 g/mol. The van der Waals surface area contributed by atoms with Gasteiger partial charge in [0.2, 0.25) is 0 Å². The SMILES string of the molecule is CCN1C(=O)C(=Cc2nc3ccc(I)cc3c(=O)n2CC)c2ccccc21. The van der Waals surface area contributed by atoms with Gasteiger partial charge in [0.05, 0.1) is 22.2 Å². The van der Waals surface area contributed by atoms with E-state index in [4.69, 9.17) is 0 Å². The highest BCUT2D eigenvalue weighted by atomic mass is 127. The lowest BCUT2D eigenvalue weighted by Gasteiger charge is -2.13. The van der Waals surface area contributed by atoms with Gasteiger partial charge in [-0.25, -0.2) is 4.98 Å². The number of amides is 1. The molecule has 0 radical (unpaired) electrons. The largest absolute Gasteiger partial charge is 0.308 e. The van der Waals surface area contributed by atoms with Crippen molar-refractivity contribution >= 4 is 56.7 Å². The molecule has 0 atom stereocenters. The van der Waals surface area contributed by atoms with Crippen molar-refractivity contribution in [1.29, 1.82) is 0 Å². The first-order valence-electron chi connectivity index (χ1n) is 8.88. The van der Waals surface area contributed by atoms with E-state index in [-0.39, 0.29) is 11.5 Å². The van der Waals surface area contributed by atoms with Gasteiger partial charge < -0.3 is 4.90 Å². The maximum atomic E-state index is 12.9. The molecule has 0 saturated carbocycles. The number of para-hydroxylation sites is 1. The Bertz CT molecular complexity index is 1160. The van der Waals surface area contributed by atoms with Gasteiger partial charge in [0.25, 0.3) is 11.5 Å². The van der Waals surface area contributed by atoms with Crippen LogP contribution in [0.15, 0.2) is 47.3 Å². The monoisotopic (exact) mass is 471 g/mol. The number of fused-ring (bicyclic) bond motifs is 2. The number of hydrogen-bond acceptors (Lipinski definition) is 3. The van der Waals surface area contributed by atoms with Crippen LogP contribution in [0, 0.1) is 3.57 Å². The van der Waals surface area contributed by atoms with E-state index in [0.29, 0.717) is 35.4 Å². The van der Waals surface area contributed by atoms with Crippen molar-refractivity contribution in [2.75, 3.05) is 11.4 Å². The molecule has 0 saturated heterocycles. The quantitative estimate of drug-likeness (QED) is 0.430. The first-order chi connectivity index (χ1) is 13.0. The molecule has 1 aliphatic rings. The number of anilines is 1. The third-order valence-corrected chi connectivity index (χ3v) is 5.48. The molecule has 0 unspecified atom stereocenters. The Balaban J connectivity index is 1.97. The summed E-state index contributed by atoms with van der Waals surface area (Å²) in [6.45, 7) is 4.94. The Labute approximate surface area is 170 Å². The zero-order valence-corrected chi connectivity index (χ0v) is 17.2.